The molecule has 0 unspecified atom stereocenters. The van der Waals surface area contributed by atoms with Crippen LogP contribution in [0.5, 0.6) is 0 Å². The van der Waals surface area contributed by atoms with Crippen LogP contribution >= 0.6 is 34.8 Å². The third-order valence-corrected chi connectivity index (χ3v) is 2.57. The van der Waals surface area contributed by atoms with Crippen LogP contribution in [0.4, 0.5) is 5.69 Å². The minimum absolute atomic E-state index is 0.0773. The summed E-state index contributed by atoms with van der Waals surface area (Å²) in [5.74, 6) is -0.252. The van der Waals surface area contributed by atoms with Gasteiger partial charge in [-0.2, -0.15) is 0 Å². The maximum atomic E-state index is 11.3. The van der Waals surface area contributed by atoms with Gasteiger partial charge in [0.25, 0.3) is 0 Å². The number of rotatable bonds is 3. The summed E-state index contributed by atoms with van der Waals surface area (Å²) in [6.45, 7) is 0. The molecule has 2 nitrogen and oxygen atoms in total. The highest BCUT2D eigenvalue weighted by atomic mass is 35.5. The fourth-order valence-corrected chi connectivity index (χ4v) is 1.24. The average Bonchev–Trinajstić information content (AvgIpc) is 2.16. The summed E-state index contributed by atoms with van der Waals surface area (Å²) >= 11 is 16.8. The minimum atomic E-state index is -0.726. The van der Waals surface area contributed by atoms with Crippen LogP contribution in [-0.2, 0) is 4.79 Å². The topological polar surface area (TPSA) is 29.1 Å². The molecule has 76 valence electrons. The summed E-state index contributed by atoms with van der Waals surface area (Å²) < 4.78 is 0. The van der Waals surface area contributed by atoms with E-state index in [-0.39, 0.29) is 11.8 Å². The molecule has 5 heteroatoms. The van der Waals surface area contributed by atoms with Gasteiger partial charge in [-0.1, -0.05) is 17.7 Å². The Bertz CT molecular complexity index is 330. The molecule has 0 fully saturated rings. The number of benzene rings is 1. The number of hydrogen-bond donors (Lipinski definition) is 1. The van der Waals surface area contributed by atoms with Crippen LogP contribution in [0.15, 0.2) is 24.3 Å². The molecule has 0 radical (unpaired) electrons. The number of anilines is 1. The van der Waals surface area contributed by atoms with Crippen LogP contribution < -0.4 is 5.32 Å². The van der Waals surface area contributed by atoms with E-state index in [1.165, 1.54) is 0 Å². The molecule has 0 saturated heterocycles. The van der Waals surface area contributed by atoms with Crippen molar-refractivity contribution in [2.75, 3.05) is 11.2 Å². The normalized spacial score (nSPS) is 12.2. The smallest absolute Gasteiger partial charge is 0.243 e. The van der Waals surface area contributed by atoms with Crippen LogP contribution in [-0.4, -0.2) is 17.2 Å². The molecular formula is C9H8Cl3NO. The molecule has 14 heavy (non-hydrogen) atoms. The first-order chi connectivity index (χ1) is 6.63. The third-order valence-electron chi connectivity index (χ3n) is 1.51. The Hall–Kier alpha value is -0.440. The van der Waals surface area contributed by atoms with Crippen LogP contribution in [0, 0.1) is 0 Å². The van der Waals surface area contributed by atoms with E-state index in [9.17, 15) is 4.79 Å². The molecule has 0 spiro atoms. The molecule has 0 aliphatic heterocycles. The third kappa shape index (κ3) is 3.37. The SMILES string of the molecule is O=C(Nc1cccc(Cl)c1)[C@@H](Cl)CCl. The zero-order chi connectivity index (χ0) is 10.6. The van der Waals surface area contributed by atoms with Gasteiger partial charge in [0.15, 0.2) is 0 Å². The van der Waals surface area contributed by atoms with E-state index >= 15 is 0 Å². The predicted molar refractivity (Wildman–Crippen MR) is 60.4 cm³/mol. The van der Waals surface area contributed by atoms with Crippen molar-refractivity contribution < 1.29 is 4.79 Å². The molecule has 1 amide bonds. The van der Waals surface area contributed by atoms with Crippen molar-refractivity contribution in [2.45, 2.75) is 5.38 Å². The largest absolute Gasteiger partial charge is 0.325 e. The Balaban J connectivity index is 2.65. The summed E-state index contributed by atoms with van der Waals surface area (Å²) in [6, 6.07) is 6.82. The highest BCUT2D eigenvalue weighted by molar-refractivity contribution is 6.37. The fourth-order valence-electron chi connectivity index (χ4n) is 0.857. The zero-order valence-electron chi connectivity index (χ0n) is 7.14. The van der Waals surface area contributed by atoms with E-state index in [1.54, 1.807) is 24.3 Å². The molecule has 1 aromatic carbocycles. The Labute approximate surface area is 97.1 Å². The molecular weight excluding hydrogens is 244 g/mol. The summed E-state index contributed by atoms with van der Waals surface area (Å²) in [4.78, 5) is 11.3. The number of halogens is 3. The summed E-state index contributed by atoms with van der Waals surface area (Å²) in [5, 5.41) is 2.42. The van der Waals surface area contributed by atoms with Crippen LogP contribution in [0.3, 0.4) is 0 Å². The van der Waals surface area contributed by atoms with Gasteiger partial charge in [0, 0.05) is 16.6 Å². The highest BCUT2D eigenvalue weighted by Crippen LogP contribution is 2.15. The number of amides is 1. The number of nitrogens with one attached hydrogen (secondary N) is 1. The number of carbonyl (C=O) groups is 1. The molecule has 1 N–H and O–H groups in total. The van der Waals surface area contributed by atoms with E-state index in [0.717, 1.165) is 0 Å². The average molecular weight is 253 g/mol. The first-order valence-corrected chi connectivity index (χ1v) is 5.25. The molecule has 1 rings (SSSR count). The quantitative estimate of drug-likeness (QED) is 0.823. The maximum absolute atomic E-state index is 11.3. The highest BCUT2D eigenvalue weighted by Gasteiger charge is 2.13. The van der Waals surface area contributed by atoms with Gasteiger partial charge in [-0.25, -0.2) is 0 Å². The van der Waals surface area contributed by atoms with Gasteiger partial charge in [0.2, 0.25) is 5.91 Å². The van der Waals surface area contributed by atoms with Gasteiger partial charge in [-0.3, -0.25) is 4.79 Å². The zero-order valence-corrected chi connectivity index (χ0v) is 9.40. The number of carbonyl (C=O) groups excluding carboxylic acids is 1. The van der Waals surface area contributed by atoms with Crippen molar-refractivity contribution in [3.05, 3.63) is 29.3 Å². The van der Waals surface area contributed by atoms with Crippen molar-refractivity contribution in [2.24, 2.45) is 0 Å². The molecule has 0 saturated carbocycles. The van der Waals surface area contributed by atoms with Gasteiger partial charge in [0.1, 0.15) is 5.38 Å². The van der Waals surface area contributed by atoms with Crippen molar-refractivity contribution in [3.8, 4) is 0 Å². The Morgan fingerprint density at radius 2 is 2.21 bits per heavy atom. The Kier molecular flexibility index (Phi) is 4.52. The van der Waals surface area contributed by atoms with Crippen molar-refractivity contribution >= 4 is 46.4 Å². The van der Waals surface area contributed by atoms with Crippen molar-refractivity contribution in [1.29, 1.82) is 0 Å². The van der Waals surface area contributed by atoms with Gasteiger partial charge in [0.05, 0.1) is 0 Å². The Morgan fingerprint density at radius 3 is 2.79 bits per heavy atom. The number of alkyl halides is 2. The summed E-state index contributed by atoms with van der Waals surface area (Å²) in [6.07, 6.45) is 0. The van der Waals surface area contributed by atoms with E-state index in [2.05, 4.69) is 5.32 Å². The van der Waals surface area contributed by atoms with E-state index < -0.39 is 5.38 Å². The minimum Gasteiger partial charge on any atom is -0.325 e. The first kappa shape index (κ1) is 11.6. The molecule has 1 aromatic rings. The second-order valence-corrected chi connectivity index (χ2v) is 3.89. The van der Waals surface area contributed by atoms with Crippen molar-refractivity contribution in [1.82, 2.24) is 0 Å². The lowest BCUT2D eigenvalue weighted by atomic mass is 10.3. The first-order valence-electron chi connectivity index (χ1n) is 3.90. The maximum Gasteiger partial charge on any atom is 0.243 e. The standard InChI is InChI=1S/C9H8Cl3NO/c10-5-8(12)9(14)13-7-3-1-2-6(11)4-7/h1-4,8H,5H2,(H,13,14)/t8-/m0/s1. The van der Waals surface area contributed by atoms with E-state index in [0.29, 0.717) is 10.7 Å². The number of hydrogen-bond acceptors (Lipinski definition) is 1. The lowest BCUT2D eigenvalue weighted by molar-refractivity contribution is -0.115. The Morgan fingerprint density at radius 1 is 1.50 bits per heavy atom. The monoisotopic (exact) mass is 251 g/mol. The molecule has 0 aliphatic rings. The molecule has 0 heterocycles. The van der Waals surface area contributed by atoms with Gasteiger partial charge < -0.3 is 5.32 Å². The van der Waals surface area contributed by atoms with Gasteiger partial charge in [-0.15, -0.1) is 23.2 Å². The molecule has 0 aromatic heterocycles. The molecule has 1 atom stereocenters. The van der Waals surface area contributed by atoms with Crippen molar-refractivity contribution in [3.63, 3.8) is 0 Å². The molecule has 0 aliphatic carbocycles. The van der Waals surface area contributed by atoms with E-state index in [4.69, 9.17) is 34.8 Å². The second-order valence-electron chi connectivity index (χ2n) is 2.62. The molecule has 0 bridgehead atoms. The van der Waals surface area contributed by atoms with Gasteiger partial charge in [-0.05, 0) is 18.2 Å². The van der Waals surface area contributed by atoms with Crippen LogP contribution in [0.25, 0.3) is 0 Å². The summed E-state index contributed by atoms with van der Waals surface area (Å²) in [5.41, 5.74) is 0.610. The summed E-state index contributed by atoms with van der Waals surface area (Å²) in [7, 11) is 0. The lowest BCUT2D eigenvalue weighted by Gasteiger charge is -2.07. The van der Waals surface area contributed by atoms with E-state index in [1.807, 2.05) is 0 Å². The second kappa shape index (κ2) is 5.44. The van der Waals surface area contributed by atoms with Crippen LogP contribution in [0.1, 0.15) is 0 Å². The van der Waals surface area contributed by atoms with Gasteiger partial charge >= 0.3 is 0 Å². The lowest BCUT2D eigenvalue weighted by Crippen LogP contribution is -2.24. The predicted octanol–water partition coefficient (Wildman–Crippen LogP) is 3.12. The fraction of sp³-hybridized carbons (Fsp3) is 0.222. The van der Waals surface area contributed by atoms with Crippen LogP contribution in [0.2, 0.25) is 5.02 Å².